The highest BCUT2D eigenvalue weighted by Gasteiger charge is 2.27. The van der Waals surface area contributed by atoms with E-state index in [4.69, 9.17) is 4.74 Å². The molecule has 0 saturated carbocycles. The minimum atomic E-state index is -4.44. The molecule has 1 rings (SSSR count). The topological polar surface area (TPSA) is 50.4 Å². The third-order valence-corrected chi connectivity index (χ3v) is 2.85. The lowest BCUT2D eigenvalue weighted by atomic mass is 10.2. The number of hydrogen-bond donors (Lipinski definition) is 2. The first-order chi connectivity index (χ1) is 8.83. The number of anilines is 1. The molecule has 0 bridgehead atoms. The lowest BCUT2D eigenvalue weighted by molar-refractivity contribution is -0.122. The Bertz CT molecular complexity index is 452. The third kappa shape index (κ3) is 5.48. The molecule has 19 heavy (non-hydrogen) atoms. The van der Waals surface area contributed by atoms with Crippen LogP contribution < -0.4 is 10.6 Å². The van der Waals surface area contributed by atoms with Gasteiger partial charge in [-0.05, 0) is 12.1 Å². The molecule has 0 heterocycles. The summed E-state index contributed by atoms with van der Waals surface area (Å²) < 4.78 is 41.5. The molecular weight excluding hydrogens is 329 g/mol. The molecule has 2 amide bonds. The van der Waals surface area contributed by atoms with E-state index >= 15 is 0 Å². The molecule has 0 fully saturated rings. The molecular formula is C11H12BrF3N2O2. The summed E-state index contributed by atoms with van der Waals surface area (Å²) in [5, 5.41) is 4.08. The largest absolute Gasteiger partial charge is 0.405 e. The average Bonchev–Trinajstić information content (AvgIpc) is 2.30. The van der Waals surface area contributed by atoms with Crippen LogP contribution >= 0.6 is 15.9 Å². The van der Waals surface area contributed by atoms with Crippen LogP contribution in [0.1, 0.15) is 5.56 Å². The smallest absolute Gasteiger partial charge is 0.380 e. The van der Waals surface area contributed by atoms with Crippen molar-refractivity contribution in [1.29, 1.82) is 0 Å². The van der Waals surface area contributed by atoms with Gasteiger partial charge in [0.25, 0.3) is 0 Å². The van der Waals surface area contributed by atoms with Gasteiger partial charge < -0.3 is 15.4 Å². The highest BCUT2D eigenvalue weighted by molar-refractivity contribution is 9.10. The second-order valence-electron chi connectivity index (χ2n) is 3.62. The van der Waals surface area contributed by atoms with Gasteiger partial charge in [0.05, 0.1) is 6.61 Å². The predicted molar refractivity (Wildman–Crippen MR) is 67.9 cm³/mol. The van der Waals surface area contributed by atoms with Crippen molar-refractivity contribution in [2.75, 3.05) is 19.0 Å². The fourth-order valence-electron chi connectivity index (χ4n) is 1.31. The number of rotatable bonds is 4. The first-order valence-corrected chi connectivity index (χ1v) is 6.00. The summed E-state index contributed by atoms with van der Waals surface area (Å²) in [6.07, 6.45) is -4.44. The summed E-state index contributed by atoms with van der Waals surface area (Å²) in [5.74, 6) is 0. The summed E-state index contributed by atoms with van der Waals surface area (Å²) in [4.78, 5) is 11.3. The predicted octanol–water partition coefficient (Wildman–Crippen LogP) is 3.28. The number of urea groups is 1. The molecule has 0 aromatic heterocycles. The third-order valence-electron chi connectivity index (χ3n) is 2.11. The summed E-state index contributed by atoms with van der Waals surface area (Å²) in [5.41, 5.74) is 1.03. The number of ether oxygens (including phenoxy) is 1. The van der Waals surface area contributed by atoms with Gasteiger partial charge in [-0.3, -0.25) is 0 Å². The Morgan fingerprint density at radius 2 is 2.11 bits per heavy atom. The van der Waals surface area contributed by atoms with Gasteiger partial charge >= 0.3 is 12.2 Å². The zero-order chi connectivity index (χ0) is 14.5. The van der Waals surface area contributed by atoms with E-state index in [1.807, 2.05) is 0 Å². The standard InChI is InChI=1S/C11H12BrF3N2O2/c1-19-5-7-8(12)3-2-4-9(7)17-10(18)16-6-11(13,14)15/h2-4H,5-6H2,1H3,(H2,16,17,18). The van der Waals surface area contributed by atoms with E-state index in [9.17, 15) is 18.0 Å². The number of carbonyl (C=O) groups is 1. The zero-order valence-electron chi connectivity index (χ0n) is 9.97. The molecule has 0 spiro atoms. The molecule has 0 atom stereocenters. The van der Waals surface area contributed by atoms with Crippen molar-refractivity contribution in [3.8, 4) is 0 Å². The van der Waals surface area contributed by atoms with Crippen LogP contribution in [0.15, 0.2) is 22.7 Å². The Morgan fingerprint density at radius 1 is 1.42 bits per heavy atom. The van der Waals surface area contributed by atoms with E-state index in [1.165, 1.54) is 7.11 Å². The Hall–Kier alpha value is -1.28. The Morgan fingerprint density at radius 3 is 2.68 bits per heavy atom. The summed E-state index contributed by atoms with van der Waals surface area (Å²) in [6, 6.07) is 4.05. The molecule has 1 aromatic rings. The number of carbonyl (C=O) groups excluding carboxylic acids is 1. The van der Waals surface area contributed by atoms with Crippen molar-refractivity contribution in [3.63, 3.8) is 0 Å². The number of benzene rings is 1. The Labute approximate surface area is 116 Å². The molecule has 0 aliphatic heterocycles. The first-order valence-electron chi connectivity index (χ1n) is 5.21. The van der Waals surface area contributed by atoms with Gasteiger partial charge in [-0.2, -0.15) is 13.2 Å². The van der Waals surface area contributed by atoms with Crippen LogP contribution in [0.3, 0.4) is 0 Å². The van der Waals surface area contributed by atoms with Gasteiger partial charge in [-0.25, -0.2) is 4.79 Å². The molecule has 0 aliphatic rings. The highest BCUT2D eigenvalue weighted by atomic mass is 79.9. The zero-order valence-corrected chi connectivity index (χ0v) is 11.6. The minimum Gasteiger partial charge on any atom is -0.380 e. The number of halogens is 4. The summed E-state index contributed by atoms with van der Waals surface area (Å²) in [7, 11) is 1.48. The van der Waals surface area contributed by atoms with Crippen LogP contribution in [0, 0.1) is 0 Å². The highest BCUT2D eigenvalue weighted by Crippen LogP contribution is 2.25. The molecule has 4 nitrogen and oxygen atoms in total. The maximum absolute atomic E-state index is 11.9. The fraction of sp³-hybridized carbons (Fsp3) is 0.364. The number of nitrogens with one attached hydrogen (secondary N) is 2. The maximum Gasteiger partial charge on any atom is 0.405 e. The summed E-state index contributed by atoms with van der Waals surface area (Å²) >= 11 is 3.28. The van der Waals surface area contributed by atoms with Gasteiger partial charge in [-0.1, -0.05) is 22.0 Å². The molecule has 0 unspecified atom stereocenters. The van der Waals surface area contributed by atoms with Gasteiger partial charge in [0, 0.05) is 22.8 Å². The van der Waals surface area contributed by atoms with Crippen molar-refractivity contribution in [2.24, 2.45) is 0 Å². The van der Waals surface area contributed by atoms with Gasteiger partial charge in [-0.15, -0.1) is 0 Å². The van der Waals surface area contributed by atoms with E-state index in [0.29, 0.717) is 15.7 Å². The van der Waals surface area contributed by atoms with Crippen LogP contribution in [0.25, 0.3) is 0 Å². The van der Waals surface area contributed by atoms with E-state index in [0.717, 1.165) is 0 Å². The normalized spacial score (nSPS) is 11.2. The van der Waals surface area contributed by atoms with Crippen molar-refractivity contribution in [2.45, 2.75) is 12.8 Å². The van der Waals surface area contributed by atoms with Crippen LogP contribution in [0.2, 0.25) is 0 Å². The maximum atomic E-state index is 11.9. The Kier molecular flexibility index (Phi) is 5.61. The van der Waals surface area contributed by atoms with E-state index in [1.54, 1.807) is 23.5 Å². The molecule has 0 radical (unpaired) electrons. The van der Waals surface area contributed by atoms with Crippen LogP contribution in [0.4, 0.5) is 23.7 Å². The van der Waals surface area contributed by atoms with Crippen molar-refractivity contribution in [1.82, 2.24) is 5.32 Å². The quantitative estimate of drug-likeness (QED) is 0.883. The van der Waals surface area contributed by atoms with Gasteiger partial charge in [0.1, 0.15) is 6.54 Å². The van der Waals surface area contributed by atoms with Crippen LogP contribution in [-0.4, -0.2) is 25.9 Å². The fourth-order valence-corrected chi connectivity index (χ4v) is 1.79. The molecule has 8 heteroatoms. The summed E-state index contributed by atoms with van der Waals surface area (Å²) in [6.45, 7) is -1.16. The van der Waals surface area contributed by atoms with Crippen LogP contribution in [-0.2, 0) is 11.3 Å². The number of amides is 2. The van der Waals surface area contributed by atoms with E-state index in [-0.39, 0.29) is 6.61 Å². The van der Waals surface area contributed by atoms with Crippen molar-refractivity contribution in [3.05, 3.63) is 28.2 Å². The second kappa shape index (κ2) is 6.76. The molecule has 106 valence electrons. The molecule has 2 N–H and O–H groups in total. The lowest BCUT2D eigenvalue weighted by Crippen LogP contribution is -2.36. The number of methoxy groups -OCH3 is 1. The van der Waals surface area contributed by atoms with Crippen LogP contribution in [0.5, 0.6) is 0 Å². The Balaban J connectivity index is 2.71. The average molecular weight is 341 g/mol. The lowest BCUT2D eigenvalue weighted by Gasteiger charge is -2.13. The monoisotopic (exact) mass is 340 g/mol. The second-order valence-corrected chi connectivity index (χ2v) is 4.48. The van der Waals surface area contributed by atoms with Gasteiger partial charge in [0.15, 0.2) is 0 Å². The van der Waals surface area contributed by atoms with E-state index < -0.39 is 18.8 Å². The van der Waals surface area contributed by atoms with Crippen molar-refractivity contribution >= 4 is 27.6 Å². The van der Waals surface area contributed by atoms with E-state index in [2.05, 4.69) is 21.2 Å². The number of alkyl halides is 3. The first kappa shape index (κ1) is 15.8. The molecule has 0 saturated heterocycles. The number of hydrogen-bond acceptors (Lipinski definition) is 2. The molecule has 0 aliphatic carbocycles. The SMILES string of the molecule is COCc1c(Br)cccc1NC(=O)NCC(F)(F)F. The minimum absolute atomic E-state index is 0.219. The van der Waals surface area contributed by atoms with Gasteiger partial charge in [0.2, 0.25) is 0 Å². The van der Waals surface area contributed by atoms with Crippen molar-refractivity contribution < 1.29 is 22.7 Å². The molecule has 1 aromatic carbocycles.